The Morgan fingerprint density at radius 2 is 2.18 bits per heavy atom. The van der Waals surface area contributed by atoms with Crippen molar-refractivity contribution < 1.29 is 4.74 Å². The van der Waals surface area contributed by atoms with Crippen LogP contribution in [0.25, 0.3) is 0 Å². The molecule has 1 fully saturated rings. The topological polar surface area (TPSA) is 9.23 Å². The van der Waals surface area contributed by atoms with E-state index in [9.17, 15) is 0 Å². The molecular weight excluding hydrogens is 204 g/mol. The van der Waals surface area contributed by atoms with E-state index in [1.165, 1.54) is 25.7 Å². The molecule has 0 saturated heterocycles. The minimum atomic E-state index is 0.637. The van der Waals surface area contributed by atoms with Crippen LogP contribution in [-0.4, -0.2) is 18.5 Å². The van der Waals surface area contributed by atoms with E-state index < -0.39 is 0 Å². The molecule has 11 heavy (non-hydrogen) atoms. The van der Waals surface area contributed by atoms with E-state index in [0.29, 0.717) is 10.2 Å². The maximum Gasteiger partial charge on any atom is 0.0462 e. The van der Waals surface area contributed by atoms with Crippen molar-refractivity contribution >= 4 is 15.9 Å². The zero-order valence-electron chi connectivity index (χ0n) is 7.40. The lowest BCUT2D eigenvalue weighted by Crippen LogP contribution is -2.12. The normalized spacial score (nSPS) is 23.2. The van der Waals surface area contributed by atoms with Gasteiger partial charge < -0.3 is 4.74 Å². The highest BCUT2D eigenvalue weighted by atomic mass is 79.9. The van der Waals surface area contributed by atoms with Gasteiger partial charge >= 0.3 is 0 Å². The van der Waals surface area contributed by atoms with Crippen LogP contribution in [-0.2, 0) is 4.74 Å². The van der Waals surface area contributed by atoms with Gasteiger partial charge in [0.05, 0.1) is 0 Å². The number of hydrogen-bond acceptors (Lipinski definition) is 1. The van der Waals surface area contributed by atoms with Crippen molar-refractivity contribution in [2.45, 2.75) is 37.4 Å². The van der Waals surface area contributed by atoms with Crippen molar-refractivity contribution in [3.63, 3.8) is 0 Å². The lowest BCUT2D eigenvalue weighted by molar-refractivity contribution is 0.185. The van der Waals surface area contributed by atoms with Crippen molar-refractivity contribution in [3.8, 4) is 0 Å². The van der Waals surface area contributed by atoms with Gasteiger partial charge in [0.15, 0.2) is 0 Å². The monoisotopic (exact) mass is 220 g/mol. The molecule has 0 N–H and O–H groups in total. The predicted octanol–water partition coefficient (Wildman–Crippen LogP) is 2.98. The fourth-order valence-electron chi connectivity index (χ4n) is 1.58. The number of halogens is 1. The molecule has 1 rings (SSSR count). The van der Waals surface area contributed by atoms with Crippen molar-refractivity contribution in [1.29, 1.82) is 0 Å². The highest BCUT2D eigenvalue weighted by Crippen LogP contribution is 2.54. The minimum absolute atomic E-state index is 0.637. The maximum absolute atomic E-state index is 5.03. The quantitative estimate of drug-likeness (QED) is 0.512. The summed E-state index contributed by atoms with van der Waals surface area (Å²) >= 11 is 3.67. The second-order valence-corrected chi connectivity index (χ2v) is 4.95. The van der Waals surface area contributed by atoms with E-state index in [2.05, 4.69) is 22.9 Å². The third-order valence-corrected chi connectivity index (χ3v) is 3.73. The SMILES string of the molecule is COCCCC1(C(C)Br)CC1. The van der Waals surface area contributed by atoms with Crippen LogP contribution in [0.3, 0.4) is 0 Å². The van der Waals surface area contributed by atoms with Crippen molar-refractivity contribution in [3.05, 3.63) is 0 Å². The fourth-order valence-corrected chi connectivity index (χ4v) is 2.26. The van der Waals surface area contributed by atoms with Gasteiger partial charge in [-0.3, -0.25) is 0 Å². The summed E-state index contributed by atoms with van der Waals surface area (Å²) in [6.07, 6.45) is 5.35. The van der Waals surface area contributed by atoms with Gasteiger partial charge in [0, 0.05) is 18.5 Å². The Balaban J connectivity index is 2.14. The molecule has 0 aromatic heterocycles. The third-order valence-electron chi connectivity index (χ3n) is 2.76. The number of rotatable bonds is 5. The summed E-state index contributed by atoms with van der Waals surface area (Å²) in [5.74, 6) is 0. The lowest BCUT2D eigenvalue weighted by Gasteiger charge is -2.17. The Morgan fingerprint density at radius 3 is 2.55 bits per heavy atom. The molecule has 2 heteroatoms. The molecule has 0 amide bonds. The van der Waals surface area contributed by atoms with E-state index in [4.69, 9.17) is 4.74 Å². The van der Waals surface area contributed by atoms with Gasteiger partial charge in [-0.25, -0.2) is 0 Å². The van der Waals surface area contributed by atoms with Crippen LogP contribution >= 0.6 is 15.9 Å². The zero-order chi connectivity index (χ0) is 8.32. The van der Waals surface area contributed by atoms with Crippen LogP contribution in [0.5, 0.6) is 0 Å². The molecule has 0 aromatic rings. The Kier molecular flexibility index (Phi) is 3.38. The average Bonchev–Trinajstić information content (AvgIpc) is 2.70. The molecule has 0 spiro atoms. The van der Waals surface area contributed by atoms with Crippen LogP contribution in [0, 0.1) is 5.41 Å². The summed E-state index contributed by atoms with van der Waals surface area (Å²) in [4.78, 5) is 0.687. The van der Waals surface area contributed by atoms with E-state index in [-0.39, 0.29) is 0 Å². The van der Waals surface area contributed by atoms with Gasteiger partial charge in [-0.1, -0.05) is 22.9 Å². The standard InChI is InChI=1S/C9H17BrO/c1-8(10)9(5-6-9)4-3-7-11-2/h8H,3-7H2,1-2H3. The van der Waals surface area contributed by atoms with Crippen molar-refractivity contribution in [1.82, 2.24) is 0 Å². The van der Waals surface area contributed by atoms with Crippen LogP contribution in [0.1, 0.15) is 32.6 Å². The van der Waals surface area contributed by atoms with Gasteiger partial charge in [-0.2, -0.15) is 0 Å². The summed E-state index contributed by atoms with van der Waals surface area (Å²) in [5, 5.41) is 0. The molecule has 0 radical (unpaired) electrons. The van der Waals surface area contributed by atoms with Crippen LogP contribution in [0.2, 0.25) is 0 Å². The highest BCUT2D eigenvalue weighted by Gasteiger charge is 2.45. The Labute approximate surface area is 77.6 Å². The maximum atomic E-state index is 5.03. The van der Waals surface area contributed by atoms with Gasteiger partial charge in [0.2, 0.25) is 0 Å². The molecule has 1 aliphatic rings. The molecule has 66 valence electrons. The molecule has 1 saturated carbocycles. The van der Waals surface area contributed by atoms with Gasteiger partial charge in [0.1, 0.15) is 0 Å². The van der Waals surface area contributed by atoms with Crippen LogP contribution in [0.15, 0.2) is 0 Å². The first kappa shape index (κ1) is 9.53. The average molecular weight is 221 g/mol. The molecule has 0 heterocycles. The summed E-state index contributed by atoms with van der Waals surface area (Å²) in [6, 6.07) is 0. The van der Waals surface area contributed by atoms with Crippen molar-refractivity contribution in [2.24, 2.45) is 5.41 Å². The smallest absolute Gasteiger partial charge is 0.0462 e. The van der Waals surface area contributed by atoms with Gasteiger partial charge in [-0.05, 0) is 31.1 Å². The summed E-state index contributed by atoms with van der Waals surface area (Å²) < 4.78 is 5.03. The van der Waals surface area contributed by atoms with Crippen molar-refractivity contribution in [2.75, 3.05) is 13.7 Å². The zero-order valence-corrected chi connectivity index (χ0v) is 8.99. The fraction of sp³-hybridized carbons (Fsp3) is 1.00. The molecule has 1 nitrogen and oxygen atoms in total. The van der Waals surface area contributed by atoms with Gasteiger partial charge in [0.25, 0.3) is 0 Å². The summed E-state index contributed by atoms with van der Waals surface area (Å²) in [7, 11) is 1.77. The number of alkyl halides is 1. The molecule has 0 bridgehead atoms. The summed E-state index contributed by atoms with van der Waals surface area (Å²) in [5.41, 5.74) is 0.637. The first-order chi connectivity index (χ1) is 5.21. The Morgan fingerprint density at radius 1 is 1.55 bits per heavy atom. The van der Waals surface area contributed by atoms with Crippen LogP contribution in [0.4, 0.5) is 0 Å². The Hall–Kier alpha value is 0.440. The molecule has 1 aliphatic carbocycles. The highest BCUT2D eigenvalue weighted by molar-refractivity contribution is 9.09. The van der Waals surface area contributed by atoms with E-state index in [0.717, 1.165) is 6.61 Å². The molecule has 0 aromatic carbocycles. The molecule has 0 aliphatic heterocycles. The molecule has 1 unspecified atom stereocenters. The van der Waals surface area contributed by atoms with Crippen LogP contribution < -0.4 is 0 Å². The van der Waals surface area contributed by atoms with Gasteiger partial charge in [-0.15, -0.1) is 0 Å². The Bertz CT molecular complexity index is 119. The first-order valence-corrected chi connectivity index (χ1v) is 5.26. The summed E-state index contributed by atoms with van der Waals surface area (Å²) in [6.45, 7) is 3.18. The first-order valence-electron chi connectivity index (χ1n) is 4.34. The van der Waals surface area contributed by atoms with E-state index in [1.54, 1.807) is 7.11 Å². The number of methoxy groups -OCH3 is 1. The van der Waals surface area contributed by atoms with E-state index in [1.807, 2.05) is 0 Å². The predicted molar refractivity (Wildman–Crippen MR) is 51.2 cm³/mol. The number of ether oxygens (including phenoxy) is 1. The lowest BCUT2D eigenvalue weighted by atomic mass is 9.97. The third kappa shape index (κ3) is 2.45. The second kappa shape index (κ2) is 3.90. The van der Waals surface area contributed by atoms with E-state index >= 15 is 0 Å². The number of hydrogen-bond donors (Lipinski definition) is 0. The molecule has 1 atom stereocenters. The minimum Gasteiger partial charge on any atom is -0.385 e. The largest absolute Gasteiger partial charge is 0.385 e. The second-order valence-electron chi connectivity index (χ2n) is 3.57. The molecular formula is C9H17BrO.